The summed E-state index contributed by atoms with van der Waals surface area (Å²) in [4.78, 5) is 4.99. The predicted octanol–water partition coefficient (Wildman–Crippen LogP) is 4.11. The number of ether oxygens (including phenoxy) is 1. The number of benzene rings is 2. The standard InChI is InChI=1S/C31H40N8O/c1-19(32)29(37(3)34)23-10-11-25-26(16-23)39(27-17-24(18-36-28(25)27)30(20(2)33)38(4)35)31(21-8-6-5-7-9-21)22-12-14-40-15-13-22/h5-11,16-18,22,31H,12-15,32-35H2,1-4H3/b29-19-,30-20-/t31-/m1/s1. The van der Waals surface area contributed by atoms with E-state index >= 15 is 0 Å². The highest BCUT2D eigenvalue weighted by Gasteiger charge is 2.30. The van der Waals surface area contributed by atoms with Gasteiger partial charge in [-0.25, -0.2) is 11.7 Å². The van der Waals surface area contributed by atoms with Crippen LogP contribution in [0.4, 0.5) is 0 Å². The van der Waals surface area contributed by atoms with Crippen LogP contribution >= 0.6 is 0 Å². The molecule has 0 unspecified atom stereocenters. The molecule has 0 spiro atoms. The second-order valence-electron chi connectivity index (χ2n) is 10.8. The lowest BCUT2D eigenvalue weighted by atomic mass is 9.86. The predicted molar refractivity (Wildman–Crippen MR) is 163 cm³/mol. The minimum absolute atomic E-state index is 0.0569. The van der Waals surface area contributed by atoms with E-state index in [0.29, 0.717) is 17.3 Å². The van der Waals surface area contributed by atoms with Crippen molar-refractivity contribution in [3.8, 4) is 0 Å². The molecule has 0 amide bonds. The van der Waals surface area contributed by atoms with Gasteiger partial charge in [0.15, 0.2) is 0 Å². The van der Waals surface area contributed by atoms with Crippen molar-refractivity contribution in [1.82, 2.24) is 19.6 Å². The fourth-order valence-electron chi connectivity index (χ4n) is 6.21. The molecule has 9 heteroatoms. The summed E-state index contributed by atoms with van der Waals surface area (Å²) in [7, 11) is 3.60. The number of rotatable bonds is 7. The van der Waals surface area contributed by atoms with Crippen LogP contribution in [0.1, 0.15) is 49.4 Å². The number of allylic oxidation sites excluding steroid dienone is 2. The molecule has 4 aromatic rings. The van der Waals surface area contributed by atoms with Crippen LogP contribution in [-0.4, -0.2) is 46.9 Å². The maximum Gasteiger partial charge on any atom is 0.0960 e. The van der Waals surface area contributed by atoms with Crippen molar-refractivity contribution in [2.75, 3.05) is 27.3 Å². The van der Waals surface area contributed by atoms with Crippen molar-refractivity contribution in [3.63, 3.8) is 0 Å². The van der Waals surface area contributed by atoms with Crippen molar-refractivity contribution in [3.05, 3.63) is 88.9 Å². The summed E-state index contributed by atoms with van der Waals surface area (Å²) in [5.74, 6) is 12.8. The normalized spacial score (nSPS) is 16.6. The molecule has 9 nitrogen and oxygen atoms in total. The number of hydrogen-bond acceptors (Lipinski definition) is 8. The average molecular weight is 541 g/mol. The minimum atomic E-state index is 0.0569. The molecule has 210 valence electrons. The van der Waals surface area contributed by atoms with Gasteiger partial charge in [0.1, 0.15) is 0 Å². The van der Waals surface area contributed by atoms with E-state index < -0.39 is 0 Å². The number of hydrogen-bond donors (Lipinski definition) is 4. The first-order valence-corrected chi connectivity index (χ1v) is 13.7. The molecule has 40 heavy (non-hydrogen) atoms. The molecular weight excluding hydrogens is 500 g/mol. The highest BCUT2D eigenvalue weighted by atomic mass is 16.5. The molecule has 1 aliphatic rings. The van der Waals surface area contributed by atoms with Gasteiger partial charge < -0.3 is 30.8 Å². The zero-order valence-electron chi connectivity index (χ0n) is 23.8. The van der Waals surface area contributed by atoms with Gasteiger partial charge in [0.25, 0.3) is 0 Å². The Morgan fingerprint density at radius 1 is 0.875 bits per heavy atom. The van der Waals surface area contributed by atoms with Gasteiger partial charge in [-0.15, -0.1) is 0 Å². The van der Waals surface area contributed by atoms with Gasteiger partial charge in [-0.05, 0) is 56.4 Å². The number of pyridine rings is 1. The van der Waals surface area contributed by atoms with Crippen molar-refractivity contribution in [1.29, 1.82) is 0 Å². The average Bonchev–Trinajstić information content (AvgIpc) is 3.22. The molecule has 0 saturated carbocycles. The topological polar surface area (TPSA) is 138 Å². The Morgan fingerprint density at radius 2 is 1.48 bits per heavy atom. The van der Waals surface area contributed by atoms with Gasteiger partial charge in [-0.3, -0.25) is 4.98 Å². The minimum Gasteiger partial charge on any atom is -0.401 e. The van der Waals surface area contributed by atoms with Gasteiger partial charge in [-0.1, -0.05) is 36.4 Å². The molecule has 0 bridgehead atoms. The Hall–Kier alpha value is -4.05. The lowest BCUT2D eigenvalue weighted by molar-refractivity contribution is 0.0553. The SMILES string of the molecule is C/C(N)=C(\c1ccc2c3ncc(/C(=C(\C)N)N(C)N)cc3n([C@H](c3ccccc3)C3CCOCC3)c2c1)N(C)N. The molecule has 1 atom stereocenters. The first-order chi connectivity index (χ1) is 19.2. The molecule has 8 N–H and O–H groups in total. The van der Waals surface area contributed by atoms with Crippen LogP contribution in [-0.2, 0) is 4.74 Å². The number of hydrazine groups is 2. The van der Waals surface area contributed by atoms with E-state index in [-0.39, 0.29) is 6.04 Å². The molecular formula is C31H40N8O. The third kappa shape index (κ3) is 4.99. The molecule has 0 radical (unpaired) electrons. The second-order valence-corrected chi connectivity index (χ2v) is 10.8. The fraction of sp³-hybridized carbons (Fsp3) is 0.323. The van der Waals surface area contributed by atoms with E-state index in [0.717, 1.165) is 70.5 Å². The van der Waals surface area contributed by atoms with E-state index in [2.05, 4.69) is 59.2 Å². The molecule has 0 aliphatic carbocycles. The van der Waals surface area contributed by atoms with E-state index in [1.165, 1.54) is 5.56 Å². The summed E-state index contributed by atoms with van der Waals surface area (Å²) in [6.07, 6.45) is 3.78. The van der Waals surface area contributed by atoms with E-state index in [9.17, 15) is 0 Å². The zero-order chi connectivity index (χ0) is 28.6. The van der Waals surface area contributed by atoms with E-state index in [4.69, 9.17) is 32.9 Å². The monoisotopic (exact) mass is 540 g/mol. The van der Waals surface area contributed by atoms with E-state index in [1.54, 1.807) is 24.1 Å². The van der Waals surface area contributed by atoms with Crippen molar-refractivity contribution in [2.24, 2.45) is 29.1 Å². The summed E-state index contributed by atoms with van der Waals surface area (Å²) in [6, 6.07) is 19.3. The highest BCUT2D eigenvalue weighted by molar-refractivity contribution is 6.07. The number of nitrogens with two attached hydrogens (primary N) is 4. The lowest BCUT2D eigenvalue weighted by Gasteiger charge is -2.33. The summed E-state index contributed by atoms with van der Waals surface area (Å²) in [6.45, 7) is 5.21. The second kappa shape index (κ2) is 11.2. The molecule has 2 aromatic heterocycles. The van der Waals surface area contributed by atoms with Gasteiger partial charge in [0, 0.05) is 61.4 Å². The van der Waals surface area contributed by atoms with Gasteiger partial charge in [0.2, 0.25) is 0 Å². The third-order valence-electron chi connectivity index (χ3n) is 7.77. The van der Waals surface area contributed by atoms with Gasteiger partial charge >= 0.3 is 0 Å². The molecule has 3 heterocycles. The van der Waals surface area contributed by atoms with Crippen molar-refractivity contribution in [2.45, 2.75) is 32.7 Å². The Morgan fingerprint density at radius 3 is 2.08 bits per heavy atom. The van der Waals surface area contributed by atoms with E-state index in [1.807, 2.05) is 20.0 Å². The van der Waals surface area contributed by atoms with Crippen molar-refractivity contribution < 1.29 is 4.74 Å². The highest BCUT2D eigenvalue weighted by Crippen LogP contribution is 2.41. The fourth-order valence-corrected chi connectivity index (χ4v) is 6.21. The van der Waals surface area contributed by atoms with Crippen molar-refractivity contribution >= 4 is 33.3 Å². The van der Waals surface area contributed by atoms with Crippen LogP contribution < -0.4 is 23.2 Å². The van der Waals surface area contributed by atoms with Gasteiger partial charge in [-0.2, -0.15) is 0 Å². The smallest absolute Gasteiger partial charge is 0.0960 e. The molecule has 2 aromatic carbocycles. The van der Waals surface area contributed by atoms with Crippen LogP contribution in [0.15, 0.2) is 72.2 Å². The number of aromatic nitrogens is 2. The molecule has 1 saturated heterocycles. The Bertz CT molecular complexity index is 1480. The summed E-state index contributed by atoms with van der Waals surface area (Å²) < 4.78 is 8.22. The van der Waals surface area contributed by atoms with Crippen LogP contribution in [0.5, 0.6) is 0 Å². The van der Waals surface area contributed by atoms with Crippen LogP contribution in [0.3, 0.4) is 0 Å². The quantitative estimate of drug-likeness (QED) is 0.203. The Labute approximate surface area is 235 Å². The summed E-state index contributed by atoms with van der Waals surface area (Å²) in [5, 5.41) is 4.18. The molecule has 1 aliphatic heterocycles. The Balaban J connectivity index is 1.89. The molecule has 5 rings (SSSR count). The number of nitrogens with zero attached hydrogens (tertiary/aromatic N) is 4. The molecule has 1 fully saturated rings. The van der Waals surface area contributed by atoms with Gasteiger partial charge in [0.05, 0.1) is 34.0 Å². The number of fused-ring (bicyclic) bond motifs is 3. The Kier molecular flexibility index (Phi) is 7.71. The summed E-state index contributed by atoms with van der Waals surface area (Å²) >= 11 is 0. The third-order valence-corrected chi connectivity index (χ3v) is 7.77. The first-order valence-electron chi connectivity index (χ1n) is 13.7. The maximum atomic E-state index is 6.30. The lowest BCUT2D eigenvalue weighted by Crippen LogP contribution is -2.28. The largest absolute Gasteiger partial charge is 0.401 e. The van der Waals surface area contributed by atoms with Crippen LogP contribution in [0, 0.1) is 5.92 Å². The van der Waals surface area contributed by atoms with Crippen LogP contribution in [0.25, 0.3) is 33.3 Å². The van der Waals surface area contributed by atoms with Crippen LogP contribution in [0.2, 0.25) is 0 Å². The zero-order valence-corrected chi connectivity index (χ0v) is 23.8. The maximum absolute atomic E-state index is 6.30. The first kappa shape index (κ1) is 27.5. The summed E-state index contributed by atoms with van der Waals surface area (Å²) in [5.41, 5.74) is 21.4.